The lowest BCUT2D eigenvalue weighted by molar-refractivity contribution is -0.144. The Morgan fingerprint density at radius 2 is 2.21 bits per heavy atom. The number of carbonyl (C=O) groups excluding carboxylic acids is 1. The highest BCUT2D eigenvalue weighted by Gasteiger charge is 2.14. The van der Waals surface area contributed by atoms with Crippen molar-refractivity contribution < 1.29 is 9.63 Å². The molecule has 102 valence electrons. The van der Waals surface area contributed by atoms with Crippen molar-refractivity contribution in [3.05, 3.63) is 28.6 Å². The van der Waals surface area contributed by atoms with E-state index in [1.54, 1.807) is 22.7 Å². The average molecular weight is 296 g/mol. The number of thiophene rings is 1. The van der Waals surface area contributed by atoms with Crippen LogP contribution in [0.2, 0.25) is 0 Å². The molecule has 19 heavy (non-hydrogen) atoms. The quantitative estimate of drug-likeness (QED) is 0.881. The molecule has 0 atom stereocenters. The van der Waals surface area contributed by atoms with Crippen molar-refractivity contribution in [2.24, 2.45) is 0 Å². The normalized spacial score (nSPS) is 11.5. The van der Waals surface area contributed by atoms with Gasteiger partial charge in [-0.3, -0.25) is 9.63 Å². The summed E-state index contributed by atoms with van der Waals surface area (Å²) in [6.45, 7) is 5.64. The summed E-state index contributed by atoms with van der Waals surface area (Å²) in [6.07, 6.45) is 0.234. The van der Waals surface area contributed by atoms with Gasteiger partial charge in [-0.25, -0.2) is 10.5 Å². The van der Waals surface area contributed by atoms with E-state index in [0.29, 0.717) is 0 Å². The topological polar surface area (TPSA) is 51.2 Å². The van der Waals surface area contributed by atoms with E-state index < -0.39 is 0 Å². The van der Waals surface area contributed by atoms with Gasteiger partial charge in [0, 0.05) is 5.38 Å². The molecule has 2 aromatic heterocycles. The minimum absolute atomic E-state index is 0.182. The first-order valence-electron chi connectivity index (χ1n) is 5.89. The number of hydrogen-bond acceptors (Lipinski definition) is 5. The maximum absolute atomic E-state index is 11.7. The fourth-order valence-corrected chi connectivity index (χ4v) is 2.95. The number of amides is 1. The highest BCUT2D eigenvalue weighted by molar-refractivity contribution is 7.20. The maximum atomic E-state index is 11.7. The molecule has 0 aliphatic heterocycles. The van der Waals surface area contributed by atoms with Gasteiger partial charge in [0.2, 0.25) is 5.91 Å². The Kier molecular flexibility index (Phi) is 4.34. The third kappa shape index (κ3) is 4.41. The number of hydroxylamine groups is 1. The highest BCUT2D eigenvalue weighted by atomic mass is 32.1. The van der Waals surface area contributed by atoms with E-state index in [1.165, 1.54) is 0 Å². The maximum Gasteiger partial charge on any atom is 0.249 e. The van der Waals surface area contributed by atoms with Crippen LogP contribution in [0.25, 0.3) is 9.88 Å². The lowest BCUT2D eigenvalue weighted by atomic mass is 10.2. The Hall–Kier alpha value is -1.24. The molecule has 0 spiro atoms. The number of nitrogens with one attached hydrogen (secondary N) is 1. The summed E-state index contributed by atoms with van der Waals surface area (Å²) in [5.41, 5.74) is 2.82. The van der Waals surface area contributed by atoms with Crippen molar-refractivity contribution in [1.82, 2.24) is 10.5 Å². The molecule has 0 fully saturated rings. The van der Waals surface area contributed by atoms with Crippen LogP contribution in [0.15, 0.2) is 22.9 Å². The largest absolute Gasteiger partial charge is 0.272 e. The Morgan fingerprint density at radius 3 is 2.84 bits per heavy atom. The fraction of sp³-hybridized carbons (Fsp3) is 0.385. The molecule has 6 heteroatoms. The van der Waals surface area contributed by atoms with Crippen molar-refractivity contribution in [3.8, 4) is 9.88 Å². The monoisotopic (exact) mass is 296 g/mol. The molecule has 4 nitrogen and oxygen atoms in total. The summed E-state index contributed by atoms with van der Waals surface area (Å²) in [6, 6.07) is 4.01. The fourth-order valence-electron chi connectivity index (χ4n) is 1.31. The standard InChI is InChI=1S/C13H16N2O2S2/c1-13(2,3)17-15-11(16)7-9-8-19-12(14-9)10-5-4-6-18-10/h4-6,8H,7H2,1-3H3,(H,15,16). The zero-order valence-electron chi connectivity index (χ0n) is 11.1. The third-order valence-corrected chi connectivity index (χ3v) is 4.03. The number of hydrogen-bond donors (Lipinski definition) is 1. The van der Waals surface area contributed by atoms with Crippen molar-refractivity contribution in [1.29, 1.82) is 0 Å². The van der Waals surface area contributed by atoms with Crippen LogP contribution in [0.4, 0.5) is 0 Å². The highest BCUT2D eigenvalue weighted by Crippen LogP contribution is 2.27. The smallest absolute Gasteiger partial charge is 0.249 e. The van der Waals surface area contributed by atoms with Gasteiger partial charge in [0.15, 0.2) is 0 Å². The van der Waals surface area contributed by atoms with Crippen LogP contribution in [0, 0.1) is 0 Å². The van der Waals surface area contributed by atoms with Crippen LogP contribution in [-0.4, -0.2) is 16.5 Å². The van der Waals surface area contributed by atoms with Crippen molar-refractivity contribution in [3.63, 3.8) is 0 Å². The molecule has 0 aliphatic rings. The van der Waals surface area contributed by atoms with E-state index in [1.807, 2.05) is 43.7 Å². The first-order valence-corrected chi connectivity index (χ1v) is 7.65. The van der Waals surface area contributed by atoms with Crippen molar-refractivity contribution in [2.45, 2.75) is 32.8 Å². The molecular formula is C13H16N2O2S2. The molecule has 2 heterocycles. The first kappa shape index (κ1) is 14.2. The van der Waals surface area contributed by atoms with E-state index in [4.69, 9.17) is 4.84 Å². The number of thiazole rings is 1. The molecule has 0 radical (unpaired) electrons. The minimum atomic E-state index is -0.389. The Morgan fingerprint density at radius 1 is 1.42 bits per heavy atom. The van der Waals surface area contributed by atoms with Gasteiger partial charge in [-0.05, 0) is 32.2 Å². The van der Waals surface area contributed by atoms with E-state index in [9.17, 15) is 4.79 Å². The summed E-state index contributed by atoms with van der Waals surface area (Å²) >= 11 is 3.20. The molecule has 0 bridgehead atoms. The van der Waals surface area contributed by atoms with Gasteiger partial charge >= 0.3 is 0 Å². The van der Waals surface area contributed by atoms with Gasteiger partial charge < -0.3 is 0 Å². The molecule has 0 unspecified atom stereocenters. The Bertz CT molecular complexity index is 541. The van der Waals surface area contributed by atoms with Crippen LogP contribution < -0.4 is 5.48 Å². The SMILES string of the molecule is CC(C)(C)ONC(=O)Cc1csc(-c2cccs2)n1. The van der Waals surface area contributed by atoms with Gasteiger partial charge in [-0.2, -0.15) is 0 Å². The zero-order valence-corrected chi connectivity index (χ0v) is 12.7. The summed E-state index contributed by atoms with van der Waals surface area (Å²) in [4.78, 5) is 22.5. The van der Waals surface area contributed by atoms with Crippen molar-refractivity contribution in [2.75, 3.05) is 0 Å². The molecule has 1 amide bonds. The van der Waals surface area contributed by atoms with E-state index in [2.05, 4.69) is 10.5 Å². The molecular weight excluding hydrogens is 280 g/mol. The molecule has 0 aromatic carbocycles. The van der Waals surface area contributed by atoms with Crippen LogP contribution in [0.5, 0.6) is 0 Å². The minimum Gasteiger partial charge on any atom is -0.272 e. The number of carbonyl (C=O) groups is 1. The zero-order chi connectivity index (χ0) is 13.9. The predicted molar refractivity (Wildman–Crippen MR) is 78.1 cm³/mol. The van der Waals surface area contributed by atoms with E-state index >= 15 is 0 Å². The molecule has 1 N–H and O–H groups in total. The van der Waals surface area contributed by atoms with E-state index in [0.717, 1.165) is 15.6 Å². The van der Waals surface area contributed by atoms with Crippen LogP contribution in [-0.2, 0) is 16.1 Å². The predicted octanol–water partition coefficient (Wildman–Crippen LogP) is 3.26. The number of rotatable bonds is 4. The van der Waals surface area contributed by atoms with Crippen LogP contribution >= 0.6 is 22.7 Å². The first-order chi connectivity index (χ1) is 8.94. The van der Waals surface area contributed by atoms with Gasteiger partial charge in [0.25, 0.3) is 0 Å². The van der Waals surface area contributed by atoms with Gasteiger partial charge in [-0.15, -0.1) is 22.7 Å². The van der Waals surface area contributed by atoms with Crippen LogP contribution in [0.1, 0.15) is 26.5 Å². The summed E-state index contributed by atoms with van der Waals surface area (Å²) in [5.74, 6) is -0.182. The van der Waals surface area contributed by atoms with Crippen LogP contribution in [0.3, 0.4) is 0 Å². The molecule has 0 aliphatic carbocycles. The Balaban J connectivity index is 1.91. The molecule has 0 saturated carbocycles. The van der Waals surface area contributed by atoms with Gasteiger partial charge in [0.05, 0.1) is 22.6 Å². The second-order valence-electron chi connectivity index (χ2n) is 5.04. The third-order valence-electron chi connectivity index (χ3n) is 2.10. The van der Waals surface area contributed by atoms with E-state index in [-0.39, 0.29) is 17.9 Å². The average Bonchev–Trinajstić information content (AvgIpc) is 2.94. The second kappa shape index (κ2) is 5.81. The number of nitrogens with zero attached hydrogens (tertiary/aromatic N) is 1. The number of aromatic nitrogens is 1. The van der Waals surface area contributed by atoms with Gasteiger partial charge in [0.1, 0.15) is 5.01 Å². The summed E-state index contributed by atoms with van der Waals surface area (Å²) in [5, 5.41) is 4.88. The summed E-state index contributed by atoms with van der Waals surface area (Å²) in [7, 11) is 0. The Labute approximate surface area is 120 Å². The second-order valence-corrected chi connectivity index (χ2v) is 6.84. The lowest BCUT2D eigenvalue weighted by Crippen LogP contribution is -2.34. The lowest BCUT2D eigenvalue weighted by Gasteiger charge is -2.18. The van der Waals surface area contributed by atoms with Crippen molar-refractivity contribution >= 4 is 28.6 Å². The summed E-state index contributed by atoms with van der Waals surface area (Å²) < 4.78 is 0. The molecule has 0 saturated heterocycles. The molecule has 2 rings (SSSR count). The van der Waals surface area contributed by atoms with Gasteiger partial charge in [-0.1, -0.05) is 6.07 Å². The molecule has 2 aromatic rings.